The lowest BCUT2D eigenvalue weighted by Gasteiger charge is -2.36. The van der Waals surface area contributed by atoms with Crippen molar-refractivity contribution in [1.82, 2.24) is 4.90 Å². The molecule has 0 atom stereocenters. The first-order valence-corrected chi connectivity index (χ1v) is 8.47. The molecule has 1 amide bonds. The van der Waals surface area contributed by atoms with Gasteiger partial charge in [0.15, 0.2) is 6.61 Å². The maximum absolute atomic E-state index is 12.3. The number of hydrogen-bond acceptors (Lipinski definition) is 6. The lowest BCUT2D eigenvalue weighted by molar-refractivity contribution is -0.384. The van der Waals surface area contributed by atoms with E-state index in [2.05, 4.69) is 4.90 Å². The van der Waals surface area contributed by atoms with Crippen LogP contribution in [0.3, 0.4) is 0 Å². The number of non-ortho nitro benzene ring substituents is 1. The smallest absolute Gasteiger partial charge is 0.269 e. The number of nitro groups is 1. The fourth-order valence-corrected chi connectivity index (χ4v) is 2.86. The first-order chi connectivity index (χ1) is 13.1. The molecule has 1 aliphatic heterocycles. The second-order valence-electron chi connectivity index (χ2n) is 6.07. The second-order valence-corrected chi connectivity index (χ2v) is 6.07. The van der Waals surface area contributed by atoms with Gasteiger partial charge in [-0.15, -0.1) is 0 Å². The summed E-state index contributed by atoms with van der Waals surface area (Å²) in [4.78, 5) is 26.4. The average molecular weight is 366 g/mol. The first-order valence-electron chi connectivity index (χ1n) is 8.47. The number of amides is 1. The van der Waals surface area contributed by atoms with Crippen molar-refractivity contribution in [3.05, 3.63) is 64.2 Å². The molecule has 1 aliphatic rings. The number of carbonyl (C=O) groups excluding carboxylic acids is 1. The lowest BCUT2D eigenvalue weighted by Crippen LogP contribution is -2.50. The second kappa shape index (κ2) is 8.19. The summed E-state index contributed by atoms with van der Waals surface area (Å²) < 4.78 is 5.49. The van der Waals surface area contributed by atoms with Crippen molar-refractivity contribution in [3.63, 3.8) is 0 Å². The van der Waals surface area contributed by atoms with E-state index in [0.717, 1.165) is 5.69 Å². The topological polar surface area (TPSA) is 99.7 Å². The lowest BCUT2D eigenvalue weighted by atomic mass is 10.2. The highest BCUT2D eigenvalue weighted by atomic mass is 16.6. The van der Waals surface area contributed by atoms with E-state index in [1.54, 1.807) is 41.3 Å². The molecule has 2 aromatic carbocycles. The Kier molecular flexibility index (Phi) is 5.52. The molecule has 0 spiro atoms. The normalized spacial score (nSPS) is 13.7. The summed E-state index contributed by atoms with van der Waals surface area (Å²) in [5, 5.41) is 19.5. The fourth-order valence-electron chi connectivity index (χ4n) is 2.86. The van der Waals surface area contributed by atoms with Crippen LogP contribution in [0.5, 0.6) is 5.75 Å². The zero-order valence-corrected chi connectivity index (χ0v) is 14.6. The number of nitro benzene ring substituents is 1. The van der Waals surface area contributed by atoms with Crippen molar-refractivity contribution in [2.24, 2.45) is 0 Å². The third-order valence-corrected chi connectivity index (χ3v) is 4.40. The molecule has 0 radical (unpaired) electrons. The van der Waals surface area contributed by atoms with Gasteiger partial charge in [-0.2, -0.15) is 5.26 Å². The Morgan fingerprint density at radius 2 is 1.70 bits per heavy atom. The van der Waals surface area contributed by atoms with Gasteiger partial charge in [-0.3, -0.25) is 14.9 Å². The Morgan fingerprint density at radius 3 is 2.26 bits per heavy atom. The standard InChI is InChI=1S/C19H18N4O4/c20-13-15-1-7-18(8-2-15)27-14-19(24)22-11-9-21(10-12-22)16-3-5-17(6-4-16)23(25)26/h1-8H,9-12,14H2. The highest BCUT2D eigenvalue weighted by Crippen LogP contribution is 2.20. The fraction of sp³-hybridized carbons (Fsp3) is 0.263. The van der Waals surface area contributed by atoms with E-state index in [9.17, 15) is 14.9 Å². The van der Waals surface area contributed by atoms with Crippen LogP contribution in [0.2, 0.25) is 0 Å². The molecule has 0 bridgehead atoms. The van der Waals surface area contributed by atoms with Crippen LogP contribution in [0.4, 0.5) is 11.4 Å². The molecule has 27 heavy (non-hydrogen) atoms. The van der Waals surface area contributed by atoms with Gasteiger partial charge in [-0.25, -0.2) is 0 Å². The van der Waals surface area contributed by atoms with Gasteiger partial charge in [0, 0.05) is 44.0 Å². The Hall–Kier alpha value is -3.60. The van der Waals surface area contributed by atoms with Gasteiger partial charge in [-0.1, -0.05) is 0 Å². The van der Waals surface area contributed by atoms with E-state index in [1.165, 1.54) is 12.1 Å². The third kappa shape index (κ3) is 4.52. The Balaban J connectivity index is 1.48. The van der Waals surface area contributed by atoms with Crippen LogP contribution in [-0.2, 0) is 4.79 Å². The number of carbonyl (C=O) groups is 1. The molecule has 8 nitrogen and oxygen atoms in total. The van der Waals surface area contributed by atoms with E-state index in [1.807, 2.05) is 6.07 Å². The zero-order chi connectivity index (χ0) is 19.2. The van der Waals surface area contributed by atoms with E-state index >= 15 is 0 Å². The number of nitriles is 1. The number of anilines is 1. The molecule has 1 saturated heterocycles. The Morgan fingerprint density at radius 1 is 1.07 bits per heavy atom. The maximum Gasteiger partial charge on any atom is 0.269 e. The van der Waals surface area contributed by atoms with Crippen molar-refractivity contribution in [1.29, 1.82) is 5.26 Å². The number of nitrogens with zero attached hydrogens (tertiary/aromatic N) is 4. The minimum Gasteiger partial charge on any atom is -0.484 e. The number of piperazine rings is 1. The van der Waals surface area contributed by atoms with E-state index in [0.29, 0.717) is 37.5 Å². The predicted octanol–water partition coefficient (Wildman–Crippen LogP) is 2.19. The minimum absolute atomic E-state index is 0.0522. The van der Waals surface area contributed by atoms with Crippen molar-refractivity contribution in [2.45, 2.75) is 0 Å². The molecular weight excluding hydrogens is 348 g/mol. The van der Waals surface area contributed by atoms with Crippen LogP contribution < -0.4 is 9.64 Å². The largest absolute Gasteiger partial charge is 0.484 e. The number of ether oxygens (including phenoxy) is 1. The van der Waals surface area contributed by atoms with E-state index in [-0.39, 0.29) is 18.2 Å². The molecule has 8 heteroatoms. The SMILES string of the molecule is N#Cc1ccc(OCC(=O)N2CCN(c3ccc([N+](=O)[O-])cc3)CC2)cc1. The molecule has 0 N–H and O–H groups in total. The van der Waals surface area contributed by atoms with Crippen LogP contribution in [0.15, 0.2) is 48.5 Å². The van der Waals surface area contributed by atoms with E-state index in [4.69, 9.17) is 10.00 Å². The highest BCUT2D eigenvalue weighted by molar-refractivity contribution is 5.78. The van der Waals surface area contributed by atoms with Crippen molar-refractivity contribution in [3.8, 4) is 11.8 Å². The van der Waals surface area contributed by atoms with E-state index < -0.39 is 4.92 Å². The zero-order valence-electron chi connectivity index (χ0n) is 14.6. The van der Waals surface area contributed by atoms with Gasteiger partial charge in [-0.05, 0) is 36.4 Å². The molecule has 2 aromatic rings. The maximum atomic E-state index is 12.3. The minimum atomic E-state index is -0.422. The predicted molar refractivity (Wildman–Crippen MR) is 98.5 cm³/mol. The Labute approximate surface area is 156 Å². The van der Waals surface area contributed by atoms with Crippen molar-refractivity contribution >= 4 is 17.3 Å². The van der Waals surface area contributed by atoms with Crippen molar-refractivity contribution < 1.29 is 14.5 Å². The quantitative estimate of drug-likeness (QED) is 0.594. The average Bonchev–Trinajstić information content (AvgIpc) is 2.72. The Bertz CT molecular complexity index is 851. The van der Waals surface area contributed by atoms with Crippen LogP contribution in [0.1, 0.15) is 5.56 Å². The summed E-state index contributed by atoms with van der Waals surface area (Å²) in [6.07, 6.45) is 0. The summed E-state index contributed by atoms with van der Waals surface area (Å²) in [6, 6.07) is 15.1. The molecule has 0 unspecified atom stereocenters. The van der Waals surface area contributed by atoms with Gasteiger partial charge < -0.3 is 14.5 Å². The van der Waals surface area contributed by atoms with Gasteiger partial charge >= 0.3 is 0 Å². The van der Waals surface area contributed by atoms with Crippen LogP contribution in [0, 0.1) is 21.4 Å². The van der Waals surface area contributed by atoms with Crippen molar-refractivity contribution in [2.75, 3.05) is 37.7 Å². The van der Waals surface area contributed by atoms with Gasteiger partial charge in [0.2, 0.25) is 0 Å². The van der Waals surface area contributed by atoms with Gasteiger partial charge in [0.05, 0.1) is 16.6 Å². The molecule has 1 fully saturated rings. The summed E-state index contributed by atoms with van der Waals surface area (Å²) in [6.45, 7) is 2.38. The number of benzene rings is 2. The van der Waals surface area contributed by atoms with Crippen LogP contribution in [0.25, 0.3) is 0 Å². The summed E-state index contributed by atoms with van der Waals surface area (Å²) in [5.41, 5.74) is 1.50. The number of rotatable bonds is 5. The first kappa shape index (κ1) is 18.2. The molecule has 0 saturated carbocycles. The molecular formula is C19H18N4O4. The van der Waals surface area contributed by atoms with Crippen LogP contribution in [-0.4, -0.2) is 48.5 Å². The van der Waals surface area contributed by atoms with Crippen LogP contribution >= 0.6 is 0 Å². The highest BCUT2D eigenvalue weighted by Gasteiger charge is 2.22. The van der Waals surface area contributed by atoms with Gasteiger partial charge in [0.25, 0.3) is 11.6 Å². The third-order valence-electron chi connectivity index (χ3n) is 4.40. The molecule has 138 valence electrons. The summed E-state index contributed by atoms with van der Waals surface area (Å²) in [7, 11) is 0. The van der Waals surface area contributed by atoms with Gasteiger partial charge in [0.1, 0.15) is 5.75 Å². The summed E-state index contributed by atoms with van der Waals surface area (Å²) in [5.74, 6) is 0.453. The number of hydrogen-bond donors (Lipinski definition) is 0. The molecule has 3 rings (SSSR count). The summed E-state index contributed by atoms with van der Waals surface area (Å²) >= 11 is 0. The molecule has 0 aliphatic carbocycles. The molecule has 0 aromatic heterocycles. The monoisotopic (exact) mass is 366 g/mol. The molecule has 1 heterocycles.